The molecule has 1 aromatic rings. The van der Waals surface area contributed by atoms with E-state index < -0.39 is 11.9 Å². The highest BCUT2D eigenvalue weighted by Gasteiger charge is 2.05. The number of carboxylic acids is 2. The molecule has 1 aromatic carbocycles. The van der Waals surface area contributed by atoms with Gasteiger partial charge in [-0.3, -0.25) is 9.59 Å². The molecule has 0 fully saturated rings. The zero-order valence-corrected chi connectivity index (χ0v) is 10.3. The molecule has 0 aliphatic carbocycles. The van der Waals surface area contributed by atoms with Crippen molar-refractivity contribution in [3.05, 3.63) is 35.4 Å². The molecule has 102 valence electrons. The van der Waals surface area contributed by atoms with Gasteiger partial charge in [-0.15, -0.1) is 0 Å². The Morgan fingerprint density at radius 2 is 1.63 bits per heavy atom. The van der Waals surface area contributed by atoms with Gasteiger partial charge in [-0.1, -0.05) is 12.1 Å². The van der Waals surface area contributed by atoms with Crippen LogP contribution in [-0.2, 0) is 16.1 Å². The van der Waals surface area contributed by atoms with Crippen molar-refractivity contribution in [1.29, 1.82) is 0 Å². The lowest BCUT2D eigenvalue weighted by atomic mass is 10.1. The minimum absolute atomic E-state index is 0.0271. The van der Waals surface area contributed by atoms with Crippen molar-refractivity contribution in [1.82, 2.24) is 5.32 Å². The molecule has 0 saturated carbocycles. The molecular formula is C13H15NO5. The van der Waals surface area contributed by atoms with Gasteiger partial charge in [0.1, 0.15) is 0 Å². The van der Waals surface area contributed by atoms with E-state index in [1.807, 2.05) is 0 Å². The Labute approximate surface area is 110 Å². The molecule has 6 nitrogen and oxygen atoms in total. The molecule has 0 aliphatic heterocycles. The molecule has 0 unspecified atom stereocenters. The summed E-state index contributed by atoms with van der Waals surface area (Å²) in [7, 11) is 0. The van der Waals surface area contributed by atoms with Crippen molar-refractivity contribution in [2.75, 3.05) is 0 Å². The normalized spacial score (nSPS) is 9.89. The second-order valence-electron chi connectivity index (χ2n) is 4.03. The molecule has 6 heteroatoms. The van der Waals surface area contributed by atoms with E-state index in [0.29, 0.717) is 13.0 Å². The number of benzene rings is 1. The van der Waals surface area contributed by atoms with Gasteiger partial charge >= 0.3 is 11.9 Å². The van der Waals surface area contributed by atoms with Gasteiger partial charge in [0, 0.05) is 19.4 Å². The lowest BCUT2D eigenvalue weighted by Crippen LogP contribution is -2.22. The van der Waals surface area contributed by atoms with Gasteiger partial charge in [0.25, 0.3) is 0 Å². The predicted molar refractivity (Wildman–Crippen MR) is 66.7 cm³/mol. The summed E-state index contributed by atoms with van der Waals surface area (Å²) in [4.78, 5) is 32.3. The zero-order chi connectivity index (χ0) is 14.3. The first kappa shape index (κ1) is 14.7. The lowest BCUT2D eigenvalue weighted by Gasteiger charge is -2.05. The molecular weight excluding hydrogens is 250 g/mol. The van der Waals surface area contributed by atoms with Crippen LogP contribution in [0.5, 0.6) is 0 Å². The van der Waals surface area contributed by atoms with Gasteiger partial charge in [0.2, 0.25) is 5.91 Å². The van der Waals surface area contributed by atoms with Crippen LogP contribution in [0, 0.1) is 0 Å². The Morgan fingerprint density at radius 1 is 1.00 bits per heavy atom. The molecule has 0 spiro atoms. The van der Waals surface area contributed by atoms with E-state index in [1.165, 1.54) is 12.1 Å². The van der Waals surface area contributed by atoms with E-state index in [9.17, 15) is 14.4 Å². The first-order chi connectivity index (χ1) is 8.99. The molecule has 0 bridgehead atoms. The number of carbonyl (C=O) groups is 3. The molecule has 0 heterocycles. The average molecular weight is 265 g/mol. The van der Waals surface area contributed by atoms with Gasteiger partial charge in [-0.25, -0.2) is 4.79 Å². The third kappa shape index (κ3) is 5.67. The van der Waals surface area contributed by atoms with Crippen LogP contribution < -0.4 is 5.32 Å². The summed E-state index contributed by atoms with van der Waals surface area (Å²) in [6, 6.07) is 6.18. The topological polar surface area (TPSA) is 104 Å². The number of aliphatic carboxylic acids is 1. The molecule has 0 saturated heterocycles. The summed E-state index contributed by atoms with van der Waals surface area (Å²) in [6.07, 6.45) is 0.444. The van der Waals surface area contributed by atoms with Crippen molar-refractivity contribution in [3.8, 4) is 0 Å². The third-order valence-corrected chi connectivity index (χ3v) is 2.49. The van der Waals surface area contributed by atoms with Gasteiger partial charge < -0.3 is 15.5 Å². The van der Waals surface area contributed by atoms with E-state index in [2.05, 4.69) is 5.32 Å². The highest BCUT2D eigenvalue weighted by molar-refractivity contribution is 5.87. The summed E-state index contributed by atoms with van der Waals surface area (Å²) in [6.45, 7) is 0.297. The predicted octanol–water partition coefficient (Wildman–Crippen LogP) is 1.26. The Kier molecular flexibility index (Phi) is 5.53. The van der Waals surface area contributed by atoms with Gasteiger partial charge in [0.15, 0.2) is 0 Å². The number of carboxylic acid groups (broad SMARTS) is 2. The van der Waals surface area contributed by atoms with Crippen LogP contribution in [-0.4, -0.2) is 28.1 Å². The quantitative estimate of drug-likeness (QED) is 0.688. The third-order valence-electron chi connectivity index (χ3n) is 2.49. The average Bonchev–Trinajstić information content (AvgIpc) is 2.36. The first-order valence-electron chi connectivity index (χ1n) is 5.80. The molecule has 0 aliphatic rings. The first-order valence-corrected chi connectivity index (χ1v) is 5.80. The molecule has 0 atom stereocenters. The van der Waals surface area contributed by atoms with Crippen molar-refractivity contribution < 1.29 is 24.6 Å². The van der Waals surface area contributed by atoms with Crippen molar-refractivity contribution in [2.24, 2.45) is 0 Å². The smallest absolute Gasteiger partial charge is 0.335 e. The molecule has 0 aromatic heterocycles. The number of nitrogens with one attached hydrogen (secondary N) is 1. The van der Waals surface area contributed by atoms with Gasteiger partial charge in [0.05, 0.1) is 5.56 Å². The van der Waals surface area contributed by atoms with E-state index in [4.69, 9.17) is 10.2 Å². The number of hydrogen-bond acceptors (Lipinski definition) is 3. The van der Waals surface area contributed by atoms with Crippen LogP contribution >= 0.6 is 0 Å². The fraction of sp³-hybridized carbons (Fsp3) is 0.308. The monoisotopic (exact) mass is 265 g/mol. The summed E-state index contributed by atoms with van der Waals surface area (Å²) in [5.74, 6) is -2.13. The van der Waals surface area contributed by atoms with Crippen molar-refractivity contribution >= 4 is 17.8 Å². The largest absolute Gasteiger partial charge is 0.481 e. The maximum atomic E-state index is 11.4. The fourth-order valence-electron chi connectivity index (χ4n) is 1.45. The Hall–Kier alpha value is -2.37. The number of hydrogen-bond donors (Lipinski definition) is 3. The number of amides is 1. The van der Waals surface area contributed by atoms with Crippen LogP contribution in [0.1, 0.15) is 35.2 Å². The molecule has 0 radical (unpaired) electrons. The molecule has 1 amide bonds. The lowest BCUT2D eigenvalue weighted by molar-refractivity contribution is -0.137. The minimum atomic E-state index is -0.996. The van der Waals surface area contributed by atoms with E-state index >= 15 is 0 Å². The summed E-state index contributed by atoms with van der Waals surface area (Å²) >= 11 is 0. The van der Waals surface area contributed by atoms with Crippen LogP contribution in [0.15, 0.2) is 24.3 Å². The van der Waals surface area contributed by atoms with E-state index in [0.717, 1.165) is 5.56 Å². The maximum Gasteiger partial charge on any atom is 0.335 e. The number of carbonyl (C=O) groups excluding carboxylic acids is 1. The minimum Gasteiger partial charge on any atom is -0.481 e. The molecule has 19 heavy (non-hydrogen) atoms. The fourth-order valence-corrected chi connectivity index (χ4v) is 1.45. The highest BCUT2D eigenvalue weighted by Crippen LogP contribution is 2.04. The maximum absolute atomic E-state index is 11.4. The molecule has 1 rings (SSSR count). The summed E-state index contributed by atoms with van der Waals surface area (Å²) in [5.41, 5.74) is 0.980. The van der Waals surface area contributed by atoms with Crippen LogP contribution in [0.25, 0.3) is 0 Å². The van der Waals surface area contributed by atoms with E-state index in [-0.39, 0.29) is 24.3 Å². The second kappa shape index (κ2) is 7.15. The standard InChI is InChI=1S/C13H15NO5/c15-11(2-1-3-12(16)17)14-8-9-4-6-10(7-5-9)13(18)19/h4-7H,1-3,8H2,(H,14,15)(H,16,17)(H,18,19). The summed E-state index contributed by atoms with van der Waals surface area (Å²) < 4.78 is 0. The van der Waals surface area contributed by atoms with Crippen molar-refractivity contribution in [3.63, 3.8) is 0 Å². The number of aromatic carboxylic acids is 1. The Balaban J connectivity index is 2.33. The van der Waals surface area contributed by atoms with Gasteiger partial charge in [-0.2, -0.15) is 0 Å². The molecule has 3 N–H and O–H groups in total. The van der Waals surface area contributed by atoms with Gasteiger partial charge in [-0.05, 0) is 24.1 Å². The van der Waals surface area contributed by atoms with Crippen molar-refractivity contribution in [2.45, 2.75) is 25.8 Å². The van der Waals surface area contributed by atoms with Crippen LogP contribution in [0.3, 0.4) is 0 Å². The summed E-state index contributed by atoms with van der Waals surface area (Å²) in [5, 5.41) is 19.8. The Bertz CT molecular complexity index is 466. The van der Waals surface area contributed by atoms with Crippen LogP contribution in [0.2, 0.25) is 0 Å². The highest BCUT2D eigenvalue weighted by atomic mass is 16.4. The second-order valence-corrected chi connectivity index (χ2v) is 4.03. The van der Waals surface area contributed by atoms with Crippen LogP contribution in [0.4, 0.5) is 0 Å². The SMILES string of the molecule is O=C(O)CCCC(=O)NCc1ccc(C(=O)O)cc1. The Morgan fingerprint density at radius 3 is 2.16 bits per heavy atom. The zero-order valence-electron chi connectivity index (χ0n) is 10.3. The number of rotatable bonds is 7. The van der Waals surface area contributed by atoms with E-state index in [1.54, 1.807) is 12.1 Å².